The zero-order valence-electron chi connectivity index (χ0n) is 20.9. The van der Waals surface area contributed by atoms with Crippen molar-refractivity contribution in [3.05, 3.63) is 40.8 Å². The molecule has 2 amide bonds. The first-order valence-electron chi connectivity index (χ1n) is 11.8. The Bertz CT molecular complexity index is 1380. The van der Waals surface area contributed by atoms with Gasteiger partial charge in [0.05, 0.1) is 11.9 Å². The minimum absolute atomic E-state index is 0.0498. The molecule has 0 saturated carbocycles. The molecule has 5 N–H and O–H groups in total. The number of hydrogen-bond donors (Lipinski definition) is 4. The number of pyridine rings is 1. The molecule has 3 aliphatic heterocycles. The van der Waals surface area contributed by atoms with Crippen LogP contribution in [0.5, 0.6) is 0 Å². The van der Waals surface area contributed by atoms with Crippen LogP contribution in [0.1, 0.15) is 19.5 Å². The van der Waals surface area contributed by atoms with E-state index in [1.54, 1.807) is 12.3 Å². The molecule has 0 bridgehead atoms. The van der Waals surface area contributed by atoms with E-state index >= 15 is 0 Å². The second-order valence-electron chi connectivity index (χ2n) is 8.89. The van der Waals surface area contributed by atoms with Crippen LogP contribution >= 0.6 is 23.1 Å². The highest BCUT2D eigenvalue weighted by atomic mass is 32.2. The summed E-state index contributed by atoms with van der Waals surface area (Å²) < 4.78 is 1.90. The molecule has 3 atom stereocenters. The number of aliphatic carboxylic acids is 1. The molecule has 0 aliphatic carbocycles. The van der Waals surface area contributed by atoms with Crippen molar-refractivity contribution in [3.63, 3.8) is 0 Å². The number of carbonyl (C=O) groups excluding carboxylic acids is 2. The van der Waals surface area contributed by atoms with Crippen molar-refractivity contribution < 1.29 is 28.9 Å². The number of β-lactam (4-membered cyclic amide) rings is 1. The number of thiazole rings is 1. The number of nitrogens with one attached hydrogen (secondary N) is 2. The fourth-order valence-corrected chi connectivity index (χ4v) is 6.43. The first-order chi connectivity index (χ1) is 18.2. The summed E-state index contributed by atoms with van der Waals surface area (Å²) in [4.78, 5) is 50.9. The summed E-state index contributed by atoms with van der Waals surface area (Å²) >= 11 is 2.54. The lowest BCUT2D eigenvalue weighted by atomic mass is 10.0. The van der Waals surface area contributed by atoms with Gasteiger partial charge < -0.3 is 31.2 Å². The van der Waals surface area contributed by atoms with Crippen molar-refractivity contribution in [2.75, 3.05) is 35.4 Å². The topological polar surface area (TPSA) is 166 Å². The van der Waals surface area contributed by atoms with Crippen molar-refractivity contribution in [1.29, 1.82) is 0 Å². The van der Waals surface area contributed by atoms with Crippen LogP contribution in [-0.4, -0.2) is 75.5 Å². The van der Waals surface area contributed by atoms with Crippen LogP contribution in [0.3, 0.4) is 0 Å². The first kappa shape index (κ1) is 25.8. The van der Waals surface area contributed by atoms with Crippen molar-refractivity contribution in [1.82, 2.24) is 15.2 Å². The van der Waals surface area contributed by atoms with Gasteiger partial charge in [0.1, 0.15) is 35.1 Å². The lowest BCUT2D eigenvalue weighted by molar-refractivity contribution is -0.688. The van der Waals surface area contributed by atoms with E-state index < -0.39 is 29.2 Å². The van der Waals surface area contributed by atoms with Gasteiger partial charge in [-0.05, 0) is 13.8 Å². The molecule has 38 heavy (non-hydrogen) atoms. The van der Waals surface area contributed by atoms with Crippen molar-refractivity contribution in [2.45, 2.75) is 38.0 Å². The van der Waals surface area contributed by atoms with Gasteiger partial charge in [0.25, 0.3) is 11.8 Å². The van der Waals surface area contributed by atoms with E-state index in [1.807, 2.05) is 30.1 Å². The van der Waals surface area contributed by atoms with Gasteiger partial charge in [-0.3, -0.25) is 14.5 Å². The number of nitrogen functional groups attached to an aromatic ring is 1. The van der Waals surface area contributed by atoms with Gasteiger partial charge in [0.2, 0.25) is 0 Å². The normalized spacial score (nSPS) is 22.4. The number of carbonyl (C=O) groups is 3. The number of hydrogen-bond acceptors (Lipinski definition) is 11. The van der Waals surface area contributed by atoms with Crippen molar-refractivity contribution in [2.24, 2.45) is 5.16 Å². The SMILES string of the molecule is CCON=C(C(=O)NC1C(=O)N2C(C(=O)O)=C(C[n+]3ccc4c(c3)NC(C)N4C)CS[C@H]12)c1csc(N)n1. The molecule has 1 saturated heterocycles. The Kier molecular flexibility index (Phi) is 6.88. The lowest BCUT2D eigenvalue weighted by Crippen LogP contribution is -2.71. The van der Waals surface area contributed by atoms with Crippen LogP contribution in [0.25, 0.3) is 0 Å². The zero-order chi connectivity index (χ0) is 27.1. The minimum atomic E-state index is -1.19. The van der Waals surface area contributed by atoms with Gasteiger partial charge in [-0.25, -0.2) is 9.78 Å². The second-order valence-corrected chi connectivity index (χ2v) is 10.9. The highest BCUT2D eigenvalue weighted by Gasteiger charge is 2.54. The lowest BCUT2D eigenvalue weighted by Gasteiger charge is -2.49. The van der Waals surface area contributed by atoms with Gasteiger partial charge in [0, 0.05) is 29.8 Å². The van der Waals surface area contributed by atoms with E-state index in [1.165, 1.54) is 16.7 Å². The average Bonchev–Trinajstić information content (AvgIpc) is 3.44. The van der Waals surface area contributed by atoms with Crippen LogP contribution < -0.4 is 25.8 Å². The van der Waals surface area contributed by atoms with E-state index in [4.69, 9.17) is 10.6 Å². The summed E-state index contributed by atoms with van der Waals surface area (Å²) in [6.45, 7) is 4.31. The largest absolute Gasteiger partial charge is 0.477 e. The summed E-state index contributed by atoms with van der Waals surface area (Å²) in [6.07, 6.45) is 3.98. The number of oxime groups is 1. The highest BCUT2D eigenvalue weighted by molar-refractivity contribution is 8.00. The Morgan fingerprint density at radius 1 is 1.45 bits per heavy atom. The maximum atomic E-state index is 13.1. The monoisotopic (exact) mass is 559 g/mol. The van der Waals surface area contributed by atoms with E-state index in [9.17, 15) is 19.5 Å². The van der Waals surface area contributed by atoms with Crippen LogP contribution in [0.2, 0.25) is 0 Å². The van der Waals surface area contributed by atoms with Crippen LogP contribution in [0.4, 0.5) is 16.5 Å². The molecule has 1 fully saturated rings. The summed E-state index contributed by atoms with van der Waals surface area (Å²) in [5.41, 5.74) is 8.39. The third-order valence-corrected chi connectivity index (χ3v) is 8.51. The number of fused-ring (bicyclic) bond motifs is 2. The summed E-state index contributed by atoms with van der Waals surface area (Å²) in [5, 5.41) is 21.2. The maximum absolute atomic E-state index is 13.1. The molecule has 200 valence electrons. The predicted molar refractivity (Wildman–Crippen MR) is 142 cm³/mol. The standard InChI is InChI=1S/C23H26N8O5S2/c1-4-36-28-16(14-10-38-23(24)26-14)19(32)27-17-20(33)31-18(22(34)35)12(9-37-21(17)31)7-30-6-5-15-13(8-30)25-11(2)29(15)3/h5-6,8,10-11,17,21,25H,4,7,9H2,1-3H3,(H3-,24,26,27,32,34,35)/p+1/t11?,17?,21-/m1/s1. The molecular weight excluding hydrogens is 532 g/mol. The number of aromatic nitrogens is 2. The molecule has 0 aromatic carbocycles. The number of nitrogens with two attached hydrogens (primary N) is 1. The molecule has 0 radical (unpaired) electrons. The minimum Gasteiger partial charge on any atom is -0.477 e. The van der Waals surface area contributed by atoms with Crippen molar-refractivity contribution >= 4 is 63.1 Å². The van der Waals surface area contributed by atoms with Gasteiger partial charge in [-0.1, -0.05) is 5.16 Å². The fourth-order valence-electron chi connectivity index (χ4n) is 4.54. The molecule has 2 unspecified atom stereocenters. The van der Waals surface area contributed by atoms with Gasteiger partial charge in [0.15, 0.2) is 29.8 Å². The van der Waals surface area contributed by atoms with E-state index in [0.29, 0.717) is 17.9 Å². The molecule has 15 heteroatoms. The molecule has 0 spiro atoms. The quantitative estimate of drug-likeness (QED) is 0.154. The number of anilines is 3. The number of carboxylic acids is 1. The van der Waals surface area contributed by atoms with Crippen LogP contribution in [0.15, 0.2) is 40.3 Å². The van der Waals surface area contributed by atoms with Crippen LogP contribution in [0, 0.1) is 0 Å². The predicted octanol–water partition coefficient (Wildman–Crippen LogP) is 0.400. The summed E-state index contributed by atoms with van der Waals surface area (Å²) in [7, 11) is 2.00. The van der Waals surface area contributed by atoms with E-state index in [0.717, 1.165) is 22.7 Å². The van der Waals surface area contributed by atoms with Gasteiger partial charge >= 0.3 is 5.97 Å². The number of carboxylic acid groups (broad SMARTS) is 1. The van der Waals surface area contributed by atoms with Crippen molar-refractivity contribution in [3.8, 4) is 0 Å². The first-order valence-corrected chi connectivity index (χ1v) is 13.8. The Labute approximate surface area is 226 Å². The van der Waals surface area contributed by atoms with E-state index in [-0.39, 0.29) is 35.0 Å². The maximum Gasteiger partial charge on any atom is 0.352 e. The fraction of sp³-hybridized carbons (Fsp3) is 0.391. The number of thioether (sulfide) groups is 1. The molecule has 5 heterocycles. The van der Waals surface area contributed by atoms with E-state index in [2.05, 4.69) is 32.6 Å². The molecule has 2 aromatic heterocycles. The molecular formula is C23H27N8O5S2+. The number of rotatable bonds is 8. The molecule has 3 aliphatic rings. The Morgan fingerprint density at radius 3 is 2.92 bits per heavy atom. The third-order valence-electron chi connectivity index (χ3n) is 6.49. The summed E-state index contributed by atoms with van der Waals surface area (Å²) in [6, 6.07) is 1.06. The highest BCUT2D eigenvalue weighted by Crippen LogP contribution is 2.40. The third kappa shape index (κ3) is 4.51. The summed E-state index contributed by atoms with van der Waals surface area (Å²) in [5.74, 6) is -1.96. The second kappa shape index (κ2) is 10.1. The number of amides is 2. The Balaban J connectivity index is 1.34. The Hall–Kier alpha value is -3.85. The smallest absolute Gasteiger partial charge is 0.352 e. The molecule has 2 aromatic rings. The zero-order valence-corrected chi connectivity index (χ0v) is 22.5. The van der Waals surface area contributed by atoms with Gasteiger partial charge in [-0.2, -0.15) is 4.57 Å². The van der Waals surface area contributed by atoms with Gasteiger partial charge in [-0.15, -0.1) is 23.1 Å². The molecule has 5 rings (SSSR count). The molecule has 13 nitrogen and oxygen atoms in total. The van der Waals surface area contributed by atoms with Crippen LogP contribution in [-0.2, 0) is 25.8 Å². The average molecular weight is 560 g/mol. The Morgan fingerprint density at radius 2 is 2.24 bits per heavy atom. The number of nitrogens with zero attached hydrogens (tertiary/aromatic N) is 5.